The number of aromatic nitrogens is 3. The highest BCUT2D eigenvalue weighted by molar-refractivity contribution is 5.78. The van der Waals surface area contributed by atoms with Crippen LogP contribution in [0.25, 0.3) is 11.3 Å². The Kier molecular flexibility index (Phi) is 7.06. The molecule has 1 aromatic carbocycles. The smallest absolute Gasteiger partial charge is 0.224 e. The van der Waals surface area contributed by atoms with E-state index in [1.54, 1.807) is 7.11 Å². The van der Waals surface area contributed by atoms with Crippen molar-refractivity contribution in [2.45, 2.75) is 58.8 Å². The fraction of sp³-hybridized carbons (Fsp3) is 0.462. The van der Waals surface area contributed by atoms with Gasteiger partial charge in [0, 0.05) is 24.7 Å². The molecule has 0 saturated heterocycles. The molecule has 33 heavy (non-hydrogen) atoms. The average molecular weight is 449 g/mol. The molecule has 1 N–H and O–H groups in total. The summed E-state index contributed by atoms with van der Waals surface area (Å²) in [5.74, 6) is 3.26. The first-order chi connectivity index (χ1) is 15.9. The second kappa shape index (κ2) is 10.1. The molecule has 0 bridgehead atoms. The van der Waals surface area contributed by atoms with Crippen LogP contribution < -0.4 is 10.1 Å². The number of ether oxygens (including phenoxy) is 1. The third-order valence-electron chi connectivity index (χ3n) is 6.48. The van der Waals surface area contributed by atoms with E-state index in [2.05, 4.69) is 15.5 Å². The van der Waals surface area contributed by atoms with Crippen LogP contribution in [0.1, 0.15) is 59.9 Å². The van der Waals surface area contributed by atoms with Gasteiger partial charge in [-0.05, 0) is 69.6 Å². The number of nitrogens with one attached hydrogen (secondary N) is 1. The summed E-state index contributed by atoms with van der Waals surface area (Å²) < 4.78 is 10.8. The second-order valence-electron chi connectivity index (χ2n) is 9.05. The number of carbonyl (C=O) groups excluding carboxylic acids is 1. The number of benzene rings is 1. The van der Waals surface area contributed by atoms with Crippen molar-refractivity contribution in [3.05, 3.63) is 58.8 Å². The zero-order valence-electron chi connectivity index (χ0n) is 19.9. The Morgan fingerprint density at radius 1 is 1.15 bits per heavy atom. The van der Waals surface area contributed by atoms with Crippen LogP contribution in [-0.4, -0.2) is 34.7 Å². The highest BCUT2D eigenvalue weighted by atomic mass is 16.5. The monoisotopic (exact) mass is 448 g/mol. The number of nitrogens with zero attached hydrogens (tertiary/aromatic N) is 3. The lowest BCUT2D eigenvalue weighted by molar-refractivity contribution is -0.120. The predicted octanol–water partition coefficient (Wildman–Crippen LogP) is 4.70. The van der Waals surface area contributed by atoms with E-state index >= 15 is 0 Å². The molecule has 2 heterocycles. The SMILES string of the molecule is COc1ccc(CC(=O)NCC2CCC(c3nc(C)ncc3-c3cc(C)no3)CC2)cc1C. The number of rotatable bonds is 7. The minimum atomic E-state index is 0.0658. The van der Waals surface area contributed by atoms with Crippen molar-refractivity contribution in [2.24, 2.45) is 5.92 Å². The summed E-state index contributed by atoms with van der Waals surface area (Å²) in [5.41, 5.74) is 4.88. The molecule has 174 valence electrons. The zero-order chi connectivity index (χ0) is 23.4. The van der Waals surface area contributed by atoms with Crippen LogP contribution in [0.15, 0.2) is 35.0 Å². The molecule has 4 rings (SSSR count). The fourth-order valence-electron chi connectivity index (χ4n) is 4.68. The molecule has 0 spiro atoms. The Hall–Kier alpha value is -3.22. The van der Waals surface area contributed by atoms with Gasteiger partial charge >= 0.3 is 0 Å². The summed E-state index contributed by atoms with van der Waals surface area (Å²) in [6.07, 6.45) is 6.43. The van der Waals surface area contributed by atoms with Crippen molar-refractivity contribution in [2.75, 3.05) is 13.7 Å². The van der Waals surface area contributed by atoms with Crippen molar-refractivity contribution in [3.63, 3.8) is 0 Å². The van der Waals surface area contributed by atoms with E-state index in [0.717, 1.165) is 77.6 Å². The van der Waals surface area contributed by atoms with Crippen LogP contribution in [0, 0.1) is 26.7 Å². The van der Waals surface area contributed by atoms with Gasteiger partial charge in [-0.3, -0.25) is 4.79 Å². The largest absolute Gasteiger partial charge is 0.496 e. The lowest BCUT2D eigenvalue weighted by atomic mass is 9.79. The van der Waals surface area contributed by atoms with Crippen LogP contribution in [0.2, 0.25) is 0 Å². The van der Waals surface area contributed by atoms with Crippen molar-refractivity contribution >= 4 is 5.91 Å². The maximum Gasteiger partial charge on any atom is 0.224 e. The first-order valence-electron chi connectivity index (χ1n) is 11.6. The normalized spacial score (nSPS) is 18.2. The topological polar surface area (TPSA) is 90.1 Å². The summed E-state index contributed by atoms with van der Waals surface area (Å²) in [6.45, 7) is 6.55. The van der Waals surface area contributed by atoms with Crippen LogP contribution in [0.4, 0.5) is 0 Å². The number of hydrogen-bond donors (Lipinski definition) is 1. The summed E-state index contributed by atoms with van der Waals surface area (Å²) in [7, 11) is 1.66. The zero-order valence-corrected chi connectivity index (χ0v) is 19.9. The Bertz CT molecular complexity index is 1120. The van der Waals surface area contributed by atoms with Crippen LogP contribution in [-0.2, 0) is 11.2 Å². The molecule has 0 aliphatic heterocycles. The van der Waals surface area contributed by atoms with Gasteiger partial charge in [0.15, 0.2) is 5.76 Å². The third kappa shape index (κ3) is 5.59. The van der Waals surface area contributed by atoms with Gasteiger partial charge in [0.05, 0.1) is 30.5 Å². The molecule has 7 heteroatoms. The van der Waals surface area contributed by atoms with Crippen molar-refractivity contribution in [1.29, 1.82) is 0 Å². The first kappa shape index (κ1) is 23.0. The van der Waals surface area contributed by atoms with Gasteiger partial charge in [0.2, 0.25) is 5.91 Å². The lowest BCUT2D eigenvalue weighted by Crippen LogP contribution is -2.32. The van der Waals surface area contributed by atoms with E-state index in [1.807, 2.05) is 51.2 Å². The number of carbonyl (C=O) groups is 1. The third-order valence-corrected chi connectivity index (χ3v) is 6.48. The predicted molar refractivity (Wildman–Crippen MR) is 126 cm³/mol. The molecule has 3 aromatic rings. The molecule has 1 amide bonds. The number of hydrogen-bond acceptors (Lipinski definition) is 6. The van der Waals surface area contributed by atoms with Gasteiger partial charge < -0.3 is 14.6 Å². The molecule has 0 radical (unpaired) electrons. The molecular formula is C26H32N4O3. The summed E-state index contributed by atoms with van der Waals surface area (Å²) in [6, 6.07) is 7.82. The minimum absolute atomic E-state index is 0.0658. The number of methoxy groups -OCH3 is 1. The van der Waals surface area contributed by atoms with Crippen LogP contribution in [0.3, 0.4) is 0 Å². The molecule has 7 nitrogen and oxygen atoms in total. The Labute approximate surface area is 195 Å². The van der Waals surface area contributed by atoms with E-state index in [0.29, 0.717) is 18.3 Å². The Morgan fingerprint density at radius 2 is 1.94 bits per heavy atom. The maximum atomic E-state index is 12.5. The lowest BCUT2D eigenvalue weighted by Gasteiger charge is -2.29. The quantitative estimate of drug-likeness (QED) is 0.564. The number of amides is 1. The second-order valence-corrected chi connectivity index (χ2v) is 9.05. The fourth-order valence-corrected chi connectivity index (χ4v) is 4.68. The van der Waals surface area contributed by atoms with Crippen molar-refractivity contribution in [3.8, 4) is 17.1 Å². The van der Waals surface area contributed by atoms with E-state index in [4.69, 9.17) is 14.2 Å². The number of aryl methyl sites for hydroxylation is 3. The first-order valence-corrected chi connectivity index (χ1v) is 11.6. The summed E-state index contributed by atoms with van der Waals surface area (Å²) in [5, 5.41) is 7.15. The highest BCUT2D eigenvalue weighted by Gasteiger charge is 2.27. The van der Waals surface area contributed by atoms with E-state index < -0.39 is 0 Å². The van der Waals surface area contributed by atoms with Gasteiger partial charge in [-0.25, -0.2) is 9.97 Å². The van der Waals surface area contributed by atoms with Gasteiger partial charge in [0.1, 0.15) is 11.6 Å². The standard InChI is InChI=1S/C26H32N4O3/c1-16-11-20(7-10-23(16)32-4)13-25(31)28-14-19-5-8-21(9-6-19)26-22(15-27-18(3)29-26)24-12-17(2)30-33-24/h7,10-12,15,19,21H,5-6,8-9,13-14H2,1-4H3,(H,28,31). The molecule has 0 unspecified atom stereocenters. The Morgan fingerprint density at radius 3 is 2.61 bits per heavy atom. The maximum absolute atomic E-state index is 12.5. The van der Waals surface area contributed by atoms with Gasteiger partial charge in [0.25, 0.3) is 0 Å². The summed E-state index contributed by atoms with van der Waals surface area (Å²) >= 11 is 0. The van der Waals surface area contributed by atoms with Crippen LogP contribution >= 0.6 is 0 Å². The minimum Gasteiger partial charge on any atom is -0.496 e. The molecule has 1 saturated carbocycles. The molecule has 1 aliphatic carbocycles. The molecular weight excluding hydrogens is 416 g/mol. The Balaban J connectivity index is 1.31. The van der Waals surface area contributed by atoms with Crippen LogP contribution in [0.5, 0.6) is 5.75 Å². The summed E-state index contributed by atoms with van der Waals surface area (Å²) in [4.78, 5) is 21.6. The average Bonchev–Trinajstić information content (AvgIpc) is 3.24. The van der Waals surface area contributed by atoms with Crippen molar-refractivity contribution in [1.82, 2.24) is 20.4 Å². The van der Waals surface area contributed by atoms with Gasteiger partial charge in [-0.2, -0.15) is 0 Å². The van der Waals surface area contributed by atoms with Crippen molar-refractivity contribution < 1.29 is 14.1 Å². The highest BCUT2D eigenvalue weighted by Crippen LogP contribution is 2.38. The van der Waals surface area contributed by atoms with E-state index in [1.165, 1.54) is 0 Å². The van der Waals surface area contributed by atoms with E-state index in [9.17, 15) is 4.79 Å². The molecule has 1 aliphatic rings. The van der Waals surface area contributed by atoms with Gasteiger partial charge in [-0.15, -0.1) is 0 Å². The van der Waals surface area contributed by atoms with Gasteiger partial charge in [-0.1, -0.05) is 17.3 Å². The molecule has 0 atom stereocenters. The molecule has 1 fully saturated rings. The van der Waals surface area contributed by atoms with E-state index in [-0.39, 0.29) is 5.91 Å². The molecule has 2 aromatic heterocycles.